The number of carbonyl (C=O) groups is 1. The van der Waals surface area contributed by atoms with Gasteiger partial charge in [-0.2, -0.15) is 0 Å². The van der Waals surface area contributed by atoms with Gasteiger partial charge in [0.1, 0.15) is 0 Å². The van der Waals surface area contributed by atoms with Crippen molar-refractivity contribution in [2.75, 3.05) is 6.54 Å². The standard InChI is InChI=1S/C12H26N2O/c1-6-10(7-2)11(15)14-12(5,8-13)9(3)4/h9-10H,6-8,13H2,1-5H3,(H,14,15). The molecule has 0 aromatic rings. The quantitative estimate of drug-likeness (QED) is 0.709. The lowest BCUT2D eigenvalue weighted by molar-refractivity contribution is -0.127. The summed E-state index contributed by atoms with van der Waals surface area (Å²) in [5.41, 5.74) is 5.45. The first kappa shape index (κ1) is 14.4. The van der Waals surface area contributed by atoms with Crippen LogP contribution in [0.4, 0.5) is 0 Å². The fourth-order valence-electron chi connectivity index (χ4n) is 1.47. The monoisotopic (exact) mass is 214 g/mol. The highest BCUT2D eigenvalue weighted by Gasteiger charge is 2.30. The van der Waals surface area contributed by atoms with Crippen LogP contribution in [0.25, 0.3) is 0 Å². The summed E-state index contributed by atoms with van der Waals surface area (Å²) in [4.78, 5) is 11.9. The predicted octanol–water partition coefficient (Wildman–Crippen LogP) is 1.91. The molecule has 0 radical (unpaired) electrons. The molecule has 15 heavy (non-hydrogen) atoms. The van der Waals surface area contributed by atoms with Gasteiger partial charge in [-0.15, -0.1) is 0 Å². The first-order valence-corrected chi connectivity index (χ1v) is 5.93. The van der Waals surface area contributed by atoms with Gasteiger partial charge in [-0.25, -0.2) is 0 Å². The van der Waals surface area contributed by atoms with Gasteiger partial charge in [-0.3, -0.25) is 4.79 Å². The molecule has 0 saturated heterocycles. The minimum atomic E-state index is -0.278. The van der Waals surface area contributed by atoms with Crippen LogP contribution in [0, 0.1) is 11.8 Å². The minimum absolute atomic E-state index is 0.120. The van der Waals surface area contributed by atoms with E-state index in [2.05, 4.69) is 19.2 Å². The van der Waals surface area contributed by atoms with E-state index >= 15 is 0 Å². The Balaban J connectivity index is 4.48. The van der Waals surface area contributed by atoms with Crippen LogP contribution in [-0.4, -0.2) is 18.0 Å². The van der Waals surface area contributed by atoms with Gasteiger partial charge in [-0.05, 0) is 25.7 Å². The first-order valence-electron chi connectivity index (χ1n) is 5.93. The van der Waals surface area contributed by atoms with E-state index < -0.39 is 0 Å². The number of nitrogens with one attached hydrogen (secondary N) is 1. The summed E-state index contributed by atoms with van der Waals surface area (Å²) >= 11 is 0. The Kier molecular flexibility index (Phi) is 5.88. The Morgan fingerprint density at radius 2 is 1.80 bits per heavy atom. The van der Waals surface area contributed by atoms with Gasteiger partial charge in [0.05, 0.1) is 5.54 Å². The van der Waals surface area contributed by atoms with Crippen molar-refractivity contribution in [2.24, 2.45) is 17.6 Å². The lowest BCUT2D eigenvalue weighted by atomic mass is 9.87. The smallest absolute Gasteiger partial charge is 0.223 e. The highest BCUT2D eigenvalue weighted by Crippen LogP contribution is 2.17. The van der Waals surface area contributed by atoms with Crippen LogP contribution in [0.5, 0.6) is 0 Å². The van der Waals surface area contributed by atoms with Crippen LogP contribution in [0.3, 0.4) is 0 Å². The van der Waals surface area contributed by atoms with Crippen LogP contribution in [0.1, 0.15) is 47.5 Å². The Bertz CT molecular complexity index is 200. The number of amides is 1. The molecule has 0 heterocycles. The Hall–Kier alpha value is -0.570. The summed E-state index contributed by atoms with van der Waals surface area (Å²) < 4.78 is 0. The SMILES string of the molecule is CCC(CC)C(=O)NC(C)(CN)C(C)C. The van der Waals surface area contributed by atoms with Crippen molar-refractivity contribution in [1.82, 2.24) is 5.32 Å². The first-order chi connectivity index (χ1) is 6.91. The summed E-state index contributed by atoms with van der Waals surface area (Å²) in [6.07, 6.45) is 1.78. The van der Waals surface area contributed by atoms with Crippen LogP contribution < -0.4 is 11.1 Å². The molecule has 0 aromatic heterocycles. The van der Waals surface area contributed by atoms with Crippen LogP contribution in [-0.2, 0) is 4.79 Å². The fourth-order valence-corrected chi connectivity index (χ4v) is 1.47. The number of rotatable bonds is 6. The molecular weight excluding hydrogens is 188 g/mol. The van der Waals surface area contributed by atoms with Crippen molar-refractivity contribution in [1.29, 1.82) is 0 Å². The zero-order valence-corrected chi connectivity index (χ0v) is 10.8. The minimum Gasteiger partial charge on any atom is -0.349 e. The van der Waals surface area contributed by atoms with Crippen molar-refractivity contribution in [2.45, 2.75) is 53.0 Å². The second-order valence-electron chi connectivity index (χ2n) is 4.78. The molecule has 3 heteroatoms. The molecule has 1 amide bonds. The average molecular weight is 214 g/mol. The van der Waals surface area contributed by atoms with Gasteiger partial charge in [0.15, 0.2) is 0 Å². The lowest BCUT2D eigenvalue weighted by Gasteiger charge is -2.34. The van der Waals surface area contributed by atoms with E-state index in [0.29, 0.717) is 12.5 Å². The third kappa shape index (κ3) is 3.82. The Labute approximate surface area is 93.8 Å². The number of hydrogen-bond donors (Lipinski definition) is 2. The van der Waals surface area contributed by atoms with Gasteiger partial charge in [0.25, 0.3) is 0 Å². The van der Waals surface area contributed by atoms with Gasteiger partial charge in [0.2, 0.25) is 5.91 Å². The summed E-state index contributed by atoms with van der Waals surface area (Å²) in [7, 11) is 0. The summed E-state index contributed by atoms with van der Waals surface area (Å²) in [5, 5.41) is 3.08. The number of nitrogens with two attached hydrogens (primary N) is 1. The second kappa shape index (κ2) is 6.11. The van der Waals surface area contributed by atoms with E-state index in [4.69, 9.17) is 5.73 Å². The van der Waals surface area contributed by atoms with Gasteiger partial charge in [0, 0.05) is 12.5 Å². The molecule has 90 valence electrons. The van der Waals surface area contributed by atoms with Crippen LogP contribution in [0.2, 0.25) is 0 Å². The largest absolute Gasteiger partial charge is 0.349 e. The maximum atomic E-state index is 11.9. The number of hydrogen-bond acceptors (Lipinski definition) is 2. The third-order valence-corrected chi connectivity index (χ3v) is 3.46. The van der Waals surface area contributed by atoms with E-state index in [0.717, 1.165) is 12.8 Å². The molecular formula is C12H26N2O. The summed E-state index contributed by atoms with van der Waals surface area (Å²) in [5.74, 6) is 0.608. The van der Waals surface area contributed by atoms with Gasteiger partial charge in [-0.1, -0.05) is 27.7 Å². The Morgan fingerprint density at radius 3 is 2.07 bits per heavy atom. The molecule has 1 atom stereocenters. The molecule has 0 aromatic carbocycles. The Morgan fingerprint density at radius 1 is 1.33 bits per heavy atom. The predicted molar refractivity (Wildman–Crippen MR) is 64.5 cm³/mol. The van der Waals surface area contributed by atoms with Crippen molar-refractivity contribution in [3.05, 3.63) is 0 Å². The van der Waals surface area contributed by atoms with Gasteiger partial charge < -0.3 is 11.1 Å². The van der Waals surface area contributed by atoms with Crippen molar-refractivity contribution in [3.63, 3.8) is 0 Å². The summed E-state index contributed by atoms with van der Waals surface area (Å²) in [6.45, 7) is 10.8. The zero-order chi connectivity index (χ0) is 12.1. The molecule has 0 aliphatic carbocycles. The van der Waals surface area contributed by atoms with E-state index in [1.807, 2.05) is 20.8 Å². The highest BCUT2D eigenvalue weighted by atomic mass is 16.2. The normalized spacial score (nSPS) is 15.5. The van der Waals surface area contributed by atoms with Crippen molar-refractivity contribution < 1.29 is 4.79 Å². The molecule has 3 nitrogen and oxygen atoms in total. The number of carbonyl (C=O) groups excluding carboxylic acids is 1. The van der Waals surface area contributed by atoms with Gasteiger partial charge >= 0.3 is 0 Å². The molecule has 0 rings (SSSR count). The fraction of sp³-hybridized carbons (Fsp3) is 0.917. The molecule has 0 bridgehead atoms. The molecule has 0 saturated carbocycles. The van der Waals surface area contributed by atoms with Crippen molar-refractivity contribution >= 4 is 5.91 Å². The lowest BCUT2D eigenvalue weighted by Crippen LogP contribution is -2.56. The molecule has 3 N–H and O–H groups in total. The van der Waals surface area contributed by atoms with E-state index in [1.54, 1.807) is 0 Å². The van der Waals surface area contributed by atoms with Crippen molar-refractivity contribution in [3.8, 4) is 0 Å². The van der Waals surface area contributed by atoms with E-state index in [-0.39, 0.29) is 17.4 Å². The topological polar surface area (TPSA) is 55.1 Å². The molecule has 1 unspecified atom stereocenters. The average Bonchev–Trinajstić information content (AvgIpc) is 2.19. The maximum Gasteiger partial charge on any atom is 0.223 e. The van der Waals surface area contributed by atoms with Crippen LogP contribution in [0.15, 0.2) is 0 Å². The molecule has 0 aliphatic heterocycles. The highest BCUT2D eigenvalue weighted by molar-refractivity contribution is 5.79. The molecule has 0 spiro atoms. The zero-order valence-electron chi connectivity index (χ0n) is 10.8. The third-order valence-electron chi connectivity index (χ3n) is 3.46. The molecule has 0 aliphatic rings. The second-order valence-corrected chi connectivity index (χ2v) is 4.78. The maximum absolute atomic E-state index is 11.9. The van der Waals surface area contributed by atoms with Crippen LogP contribution >= 0.6 is 0 Å². The summed E-state index contributed by atoms with van der Waals surface area (Å²) in [6, 6.07) is 0. The molecule has 0 fully saturated rings. The van der Waals surface area contributed by atoms with E-state index in [1.165, 1.54) is 0 Å². The van der Waals surface area contributed by atoms with E-state index in [9.17, 15) is 4.79 Å².